The minimum atomic E-state index is -0.538. The number of hydrogen-bond donors (Lipinski definition) is 1. The van der Waals surface area contributed by atoms with Crippen LogP contribution in [0.3, 0.4) is 0 Å². The smallest absolute Gasteiger partial charge is 0.242 e. The van der Waals surface area contributed by atoms with Crippen molar-refractivity contribution in [1.29, 1.82) is 0 Å². The molecule has 0 aliphatic carbocycles. The molecule has 5 heteroatoms. The van der Waals surface area contributed by atoms with Gasteiger partial charge in [-0.2, -0.15) is 0 Å². The monoisotopic (exact) mass is 452 g/mol. The number of likely N-dealkylation sites (N-methyl/N-ethyl adjacent to an activating group) is 1. The first-order valence-corrected chi connectivity index (χ1v) is 10.5. The van der Waals surface area contributed by atoms with Gasteiger partial charge in [-0.3, -0.25) is 9.59 Å². The van der Waals surface area contributed by atoms with Crippen molar-refractivity contribution in [1.82, 2.24) is 10.2 Å². The zero-order valence-electron chi connectivity index (χ0n) is 16.7. The molecule has 0 unspecified atom stereocenters. The fourth-order valence-electron chi connectivity index (χ4n) is 3.47. The van der Waals surface area contributed by atoms with E-state index in [0.29, 0.717) is 19.4 Å². The first kappa shape index (κ1) is 21.1. The van der Waals surface area contributed by atoms with E-state index in [2.05, 4.69) is 45.5 Å². The summed E-state index contributed by atoms with van der Waals surface area (Å²) in [6, 6.07) is 21.6. The summed E-state index contributed by atoms with van der Waals surface area (Å²) < 4.78 is 0.981. The molecule has 0 radical (unpaired) electrons. The molecule has 3 aromatic carbocycles. The summed E-state index contributed by atoms with van der Waals surface area (Å²) in [7, 11) is 1.59. The second-order valence-electron chi connectivity index (χ2n) is 7.08. The molecule has 1 N–H and O–H groups in total. The Morgan fingerprint density at radius 1 is 1.00 bits per heavy atom. The maximum atomic E-state index is 13.1. The fraction of sp³-hybridized carbons (Fsp3) is 0.250. The Bertz CT molecular complexity index is 996. The molecule has 0 saturated carbocycles. The van der Waals surface area contributed by atoms with E-state index in [1.54, 1.807) is 18.9 Å². The Hall–Kier alpha value is -2.66. The SMILES string of the molecule is CNC(=O)[C@H](C)N(Cc1ccc(Br)cc1)C(=O)CCc1cccc2ccccc12. The lowest BCUT2D eigenvalue weighted by Crippen LogP contribution is -2.46. The first-order valence-electron chi connectivity index (χ1n) is 9.71. The van der Waals surface area contributed by atoms with Crippen molar-refractivity contribution in [3.8, 4) is 0 Å². The van der Waals surface area contributed by atoms with E-state index in [0.717, 1.165) is 15.6 Å². The molecule has 3 rings (SSSR count). The maximum absolute atomic E-state index is 13.1. The molecule has 4 nitrogen and oxygen atoms in total. The van der Waals surface area contributed by atoms with Gasteiger partial charge in [-0.25, -0.2) is 0 Å². The summed E-state index contributed by atoms with van der Waals surface area (Å²) in [6.07, 6.45) is 0.989. The third-order valence-electron chi connectivity index (χ3n) is 5.17. The molecule has 2 amide bonds. The molecule has 0 fully saturated rings. The van der Waals surface area contributed by atoms with Gasteiger partial charge >= 0.3 is 0 Å². The number of halogens is 1. The lowest BCUT2D eigenvalue weighted by Gasteiger charge is -2.28. The normalized spacial score (nSPS) is 11.8. The number of hydrogen-bond acceptors (Lipinski definition) is 2. The van der Waals surface area contributed by atoms with Gasteiger partial charge in [0.1, 0.15) is 6.04 Å². The standard InChI is InChI=1S/C24H25BrN2O2/c1-17(24(29)26-2)27(16-18-10-13-21(25)14-11-18)23(28)15-12-20-8-5-7-19-6-3-4-9-22(19)20/h3-11,13-14,17H,12,15-16H2,1-2H3,(H,26,29)/t17-/m0/s1. The van der Waals surface area contributed by atoms with Crippen LogP contribution in [0.5, 0.6) is 0 Å². The van der Waals surface area contributed by atoms with Crippen LogP contribution in [0, 0.1) is 0 Å². The molecule has 0 saturated heterocycles. The Morgan fingerprint density at radius 2 is 1.69 bits per heavy atom. The molecular weight excluding hydrogens is 428 g/mol. The van der Waals surface area contributed by atoms with Crippen LogP contribution in [0.2, 0.25) is 0 Å². The number of amides is 2. The minimum Gasteiger partial charge on any atom is -0.357 e. The van der Waals surface area contributed by atoms with E-state index in [-0.39, 0.29) is 11.8 Å². The van der Waals surface area contributed by atoms with Gasteiger partial charge in [0, 0.05) is 24.5 Å². The van der Waals surface area contributed by atoms with E-state index in [1.165, 1.54) is 10.8 Å². The molecule has 0 aliphatic rings. The van der Waals surface area contributed by atoms with Crippen molar-refractivity contribution in [2.24, 2.45) is 0 Å². The highest BCUT2D eigenvalue weighted by Gasteiger charge is 2.25. The predicted molar refractivity (Wildman–Crippen MR) is 120 cm³/mol. The van der Waals surface area contributed by atoms with E-state index < -0.39 is 6.04 Å². The van der Waals surface area contributed by atoms with E-state index in [1.807, 2.05) is 42.5 Å². The zero-order chi connectivity index (χ0) is 20.8. The van der Waals surface area contributed by atoms with Crippen molar-refractivity contribution < 1.29 is 9.59 Å². The summed E-state index contributed by atoms with van der Waals surface area (Å²) in [4.78, 5) is 27.0. The summed E-state index contributed by atoms with van der Waals surface area (Å²) in [5.74, 6) is -0.197. The lowest BCUT2D eigenvalue weighted by atomic mass is 10.0. The van der Waals surface area contributed by atoms with Crippen molar-refractivity contribution in [2.75, 3.05) is 7.05 Å². The van der Waals surface area contributed by atoms with Crippen LogP contribution in [-0.2, 0) is 22.6 Å². The van der Waals surface area contributed by atoms with Gasteiger partial charge in [0.25, 0.3) is 0 Å². The van der Waals surface area contributed by atoms with Crippen LogP contribution < -0.4 is 5.32 Å². The third-order valence-corrected chi connectivity index (χ3v) is 5.70. The van der Waals surface area contributed by atoms with E-state index >= 15 is 0 Å². The van der Waals surface area contributed by atoms with Gasteiger partial charge in [-0.05, 0) is 47.4 Å². The third kappa shape index (κ3) is 5.24. The topological polar surface area (TPSA) is 49.4 Å². The number of rotatable bonds is 7. The number of aryl methyl sites for hydroxylation is 1. The van der Waals surface area contributed by atoms with Crippen molar-refractivity contribution in [2.45, 2.75) is 32.4 Å². The van der Waals surface area contributed by atoms with Crippen molar-refractivity contribution in [3.63, 3.8) is 0 Å². The predicted octanol–water partition coefficient (Wildman–Crippen LogP) is 4.70. The molecular formula is C24H25BrN2O2. The van der Waals surface area contributed by atoms with Crippen LogP contribution >= 0.6 is 15.9 Å². The molecule has 1 atom stereocenters. The number of carbonyl (C=O) groups excluding carboxylic acids is 2. The number of nitrogens with zero attached hydrogens (tertiary/aromatic N) is 1. The van der Waals surface area contributed by atoms with Gasteiger partial charge in [0.2, 0.25) is 11.8 Å². The second-order valence-corrected chi connectivity index (χ2v) is 7.99. The second kappa shape index (κ2) is 9.70. The van der Waals surface area contributed by atoms with Crippen LogP contribution in [-0.4, -0.2) is 29.8 Å². The van der Waals surface area contributed by atoms with E-state index in [9.17, 15) is 9.59 Å². The number of nitrogens with one attached hydrogen (secondary N) is 1. The highest BCUT2D eigenvalue weighted by molar-refractivity contribution is 9.10. The van der Waals surface area contributed by atoms with Gasteiger partial charge in [0.05, 0.1) is 0 Å². The largest absolute Gasteiger partial charge is 0.357 e. The molecule has 3 aromatic rings. The highest BCUT2D eigenvalue weighted by atomic mass is 79.9. The molecule has 0 aromatic heterocycles. The van der Waals surface area contributed by atoms with Gasteiger partial charge in [-0.1, -0.05) is 70.5 Å². The molecule has 150 valence electrons. The summed E-state index contributed by atoms with van der Waals surface area (Å²) >= 11 is 3.43. The maximum Gasteiger partial charge on any atom is 0.242 e. The average Bonchev–Trinajstić information content (AvgIpc) is 2.76. The molecule has 0 bridgehead atoms. The van der Waals surface area contributed by atoms with Gasteiger partial charge < -0.3 is 10.2 Å². The minimum absolute atomic E-state index is 0.0306. The Morgan fingerprint density at radius 3 is 2.41 bits per heavy atom. The Labute approximate surface area is 180 Å². The number of benzene rings is 3. The van der Waals surface area contributed by atoms with E-state index in [4.69, 9.17) is 0 Å². The average molecular weight is 453 g/mol. The summed E-state index contributed by atoms with van der Waals surface area (Å²) in [6.45, 7) is 2.17. The molecule has 29 heavy (non-hydrogen) atoms. The van der Waals surface area contributed by atoms with Crippen LogP contribution in [0.15, 0.2) is 71.2 Å². The summed E-state index contributed by atoms with van der Waals surface area (Å²) in [5, 5.41) is 4.99. The quantitative estimate of drug-likeness (QED) is 0.564. The molecule has 0 spiro atoms. The summed E-state index contributed by atoms with van der Waals surface area (Å²) in [5.41, 5.74) is 2.13. The van der Waals surface area contributed by atoms with Crippen LogP contribution in [0.25, 0.3) is 10.8 Å². The Kier molecular flexibility index (Phi) is 7.04. The molecule has 0 aliphatic heterocycles. The zero-order valence-corrected chi connectivity index (χ0v) is 18.3. The fourth-order valence-corrected chi connectivity index (χ4v) is 3.74. The van der Waals surface area contributed by atoms with Crippen LogP contribution in [0.4, 0.5) is 0 Å². The Balaban J connectivity index is 1.78. The molecule has 0 heterocycles. The van der Waals surface area contributed by atoms with Gasteiger partial charge in [-0.15, -0.1) is 0 Å². The van der Waals surface area contributed by atoms with Gasteiger partial charge in [0.15, 0.2) is 0 Å². The van der Waals surface area contributed by atoms with Crippen molar-refractivity contribution in [3.05, 3.63) is 82.3 Å². The number of fused-ring (bicyclic) bond motifs is 1. The number of carbonyl (C=O) groups is 2. The first-order chi connectivity index (χ1) is 14.0. The van der Waals surface area contributed by atoms with Crippen LogP contribution in [0.1, 0.15) is 24.5 Å². The lowest BCUT2D eigenvalue weighted by molar-refractivity contribution is -0.140. The van der Waals surface area contributed by atoms with Crippen molar-refractivity contribution >= 4 is 38.5 Å². The highest BCUT2D eigenvalue weighted by Crippen LogP contribution is 2.21.